The maximum absolute atomic E-state index is 11.8. The topological polar surface area (TPSA) is 50.4 Å². The third-order valence-corrected chi connectivity index (χ3v) is 3.57. The van der Waals surface area contributed by atoms with E-state index in [0.717, 1.165) is 20.9 Å². The Morgan fingerprint density at radius 2 is 1.95 bits per heavy atom. The second-order valence-corrected chi connectivity index (χ2v) is 5.90. The molecule has 0 aliphatic carbocycles. The van der Waals surface area contributed by atoms with Crippen LogP contribution in [0.2, 0.25) is 0 Å². The summed E-state index contributed by atoms with van der Waals surface area (Å²) in [6, 6.07) is 12.2. The molecule has 1 unspecified atom stereocenters. The van der Waals surface area contributed by atoms with Gasteiger partial charge in [0.25, 0.3) is 0 Å². The average molecular weight is 351 g/mol. The molecule has 2 N–H and O–H groups in total. The third kappa shape index (κ3) is 4.72. The van der Waals surface area contributed by atoms with E-state index in [2.05, 4.69) is 32.6 Å². The highest BCUT2D eigenvalue weighted by Crippen LogP contribution is 2.22. The zero-order valence-electron chi connectivity index (χ0n) is 12.2. The van der Waals surface area contributed by atoms with Crippen LogP contribution in [0, 0.1) is 0 Å². The highest BCUT2D eigenvalue weighted by molar-refractivity contribution is 9.10. The fraction of sp³-hybridized carbons (Fsp3) is 0.312. The van der Waals surface area contributed by atoms with Gasteiger partial charge in [0, 0.05) is 23.3 Å². The molecule has 2 aromatic rings. The maximum atomic E-state index is 11.8. The molecule has 0 bridgehead atoms. The van der Waals surface area contributed by atoms with Gasteiger partial charge in [-0.3, -0.25) is 4.79 Å². The van der Waals surface area contributed by atoms with Gasteiger partial charge in [-0.1, -0.05) is 28.1 Å². The highest BCUT2D eigenvalue weighted by atomic mass is 79.9. The van der Waals surface area contributed by atoms with Crippen molar-refractivity contribution in [1.82, 2.24) is 5.32 Å². The van der Waals surface area contributed by atoms with Gasteiger partial charge < -0.3 is 15.4 Å². The molecule has 21 heavy (non-hydrogen) atoms. The lowest BCUT2D eigenvalue weighted by Gasteiger charge is -2.13. The number of carbonyl (C=O) groups excluding carboxylic acids is 1. The molecule has 0 aliphatic heterocycles. The zero-order chi connectivity index (χ0) is 15.2. The smallest absolute Gasteiger partial charge is 0.239 e. The number of methoxy groups -OCH3 is 1. The first-order valence-corrected chi connectivity index (χ1v) is 7.59. The summed E-state index contributed by atoms with van der Waals surface area (Å²) in [4.78, 5) is 11.8. The normalized spacial score (nSPS) is 12.1. The lowest BCUT2D eigenvalue weighted by Crippen LogP contribution is -2.39. The Kier molecular flexibility index (Phi) is 5.59. The summed E-state index contributed by atoms with van der Waals surface area (Å²) in [5.41, 5.74) is 0.930. The van der Waals surface area contributed by atoms with Crippen molar-refractivity contribution in [2.45, 2.75) is 13.0 Å². The van der Waals surface area contributed by atoms with Crippen LogP contribution in [0.1, 0.15) is 6.92 Å². The van der Waals surface area contributed by atoms with Crippen LogP contribution in [0.3, 0.4) is 0 Å². The van der Waals surface area contributed by atoms with Crippen LogP contribution in [-0.4, -0.2) is 32.2 Å². The van der Waals surface area contributed by atoms with Crippen molar-refractivity contribution in [2.75, 3.05) is 25.6 Å². The summed E-state index contributed by atoms with van der Waals surface area (Å²) in [6.07, 6.45) is 0. The summed E-state index contributed by atoms with van der Waals surface area (Å²) in [5, 5.41) is 8.29. The number of anilines is 1. The summed E-state index contributed by atoms with van der Waals surface area (Å²) in [6.45, 7) is 2.67. The van der Waals surface area contributed by atoms with Gasteiger partial charge in [-0.05, 0) is 42.0 Å². The fourth-order valence-corrected chi connectivity index (χ4v) is 2.51. The van der Waals surface area contributed by atoms with Crippen molar-refractivity contribution in [3.05, 3.63) is 40.9 Å². The lowest BCUT2D eigenvalue weighted by molar-refractivity contribution is -0.120. The van der Waals surface area contributed by atoms with Gasteiger partial charge in [-0.25, -0.2) is 0 Å². The minimum atomic E-state index is -0.0459. The van der Waals surface area contributed by atoms with Crippen molar-refractivity contribution in [1.29, 1.82) is 0 Å². The van der Waals surface area contributed by atoms with E-state index in [0.29, 0.717) is 6.61 Å². The highest BCUT2D eigenvalue weighted by Gasteiger charge is 2.06. The monoisotopic (exact) mass is 350 g/mol. The number of hydrogen-bond acceptors (Lipinski definition) is 3. The summed E-state index contributed by atoms with van der Waals surface area (Å²) >= 11 is 3.46. The number of fused-ring (bicyclic) bond motifs is 1. The van der Waals surface area contributed by atoms with Crippen LogP contribution < -0.4 is 10.6 Å². The first kappa shape index (κ1) is 15.8. The number of nitrogens with one attached hydrogen (secondary N) is 2. The van der Waals surface area contributed by atoms with Gasteiger partial charge in [-0.2, -0.15) is 0 Å². The molecular formula is C16H19BrN2O2. The van der Waals surface area contributed by atoms with Crippen LogP contribution in [0.4, 0.5) is 5.69 Å². The third-order valence-electron chi connectivity index (χ3n) is 3.08. The maximum Gasteiger partial charge on any atom is 0.239 e. The Balaban J connectivity index is 1.94. The van der Waals surface area contributed by atoms with Crippen LogP contribution in [0.25, 0.3) is 10.8 Å². The molecule has 0 aliphatic rings. The van der Waals surface area contributed by atoms with Crippen molar-refractivity contribution in [3.8, 4) is 0 Å². The second kappa shape index (κ2) is 7.43. The lowest BCUT2D eigenvalue weighted by atomic mass is 10.1. The summed E-state index contributed by atoms with van der Waals surface area (Å²) in [7, 11) is 1.62. The van der Waals surface area contributed by atoms with Gasteiger partial charge in [0.2, 0.25) is 5.91 Å². The van der Waals surface area contributed by atoms with Crippen LogP contribution in [0.5, 0.6) is 0 Å². The van der Waals surface area contributed by atoms with E-state index in [1.807, 2.05) is 37.3 Å². The molecule has 0 aromatic heterocycles. The molecule has 5 heteroatoms. The Morgan fingerprint density at radius 1 is 1.24 bits per heavy atom. The van der Waals surface area contributed by atoms with Crippen LogP contribution in [-0.2, 0) is 9.53 Å². The largest absolute Gasteiger partial charge is 0.383 e. The Hall–Kier alpha value is -1.59. The number of hydrogen-bond donors (Lipinski definition) is 2. The van der Waals surface area contributed by atoms with E-state index in [-0.39, 0.29) is 18.5 Å². The van der Waals surface area contributed by atoms with Gasteiger partial charge in [0.1, 0.15) is 0 Å². The predicted molar refractivity (Wildman–Crippen MR) is 89.6 cm³/mol. The molecule has 0 fully saturated rings. The molecule has 1 atom stereocenters. The number of amides is 1. The Morgan fingerprint density at radius 3 is 2.71 bits per heavy atom. The van der Waals surface area contributed by atoms with Crippen molar-refractivity contribution < 1.29 is 9.53 Å². The predicted octanol–water partition coefficient (Wildman–Crippen LogP) is 3.17. The number of rotatable bonds is 6. The quantitative estimate of drug-likeness (QED) is 0.841. The molecule has 2 aromatic carbocycles. The number of halogens is 1. The van der Waals surface area contributed by atoms with Crippen LogP contribution in [0.15, 0.2) is 40.9 Å². The second-order valence-electron chi connectivity index (χ2n) is 4.98. The molecule has 2 rings (SSSR count). The zero-order valence-corrected chi connectivity index (χ0v) is 13.7. The van der Waals surface area contributed by atoms with Gasteiger partial charge >= 0.3 is 0 Å². The summed E-state index contributed by atoms with van der Waals surface area (Å²) in [5.74, 6) is -0.0459. The van der Waals surface area contributed by atoms with E-state index >= 15 is 0 Å². The first-order chi connectivity index (χ1) is 10.1. The molecular weight excluding hydrogens is 332 g/mol. The standard InChI is InChI=1S/C16H19BrN2O2/c1-11(10-21-2)19-16(20)9-18-15-6-4-12-7-14(17)5-3-13(12)8-15/h3-8,11,18H,9-10H2,1-2H3,(H,19,20). The Bertz CT molecular complexity index is 631. The van der Waals surface area contributed by atoms with Gasteiger partial charge in [0.05, 0.1) is 13.2 Å². The number of ether oxygens (including phenoxy) is 1. The van der Waals surface area contributed by atoms with Crippen molar-refractivity contribution in [2.24, 2.45) is 0 Å². The van der Waals surface area contributed by atoms with Crippen molar-refractivity contribution >= 4 is 38.3 Å². The Labute approximate surface area is 133 Å². The SMILES string of the molecule is COCC(C)NC(=O)CNc1ccc2cc(Br)ccc2c1. The number of benzene rings is 2. The molecule has 1 amide bonds. The number of carbonyl (C=O) groups is 1. The van der Waals surface area contributed by atoms with Gasteiger partial charge in [-0.15, -0.1) is 0 Å². The molecule has 0 heterocycles. The molecule has 112 valence electrons. The van der Waals surface area contributed by atoms with E-state index in [1.54, 1.807) is 7.11 Å². The average Bonchev–Trinajstić information content (AvgIpc) is 2.45. The van der Waals surface area contributed by atoms with E-state index < -0.39 is 0 Å². The van der Waals surface area contributed by atoms with Crippen LogP contribution >= 0.6 is 15.9 Å². The minimum absolute atomic E-state index is 0.0123. The fourth-order valence-electron chi connectivity index (χ4n) is 2.13. The van der Waals surface area contributed by atoms with E-state index in [9.17, 15) is 4.79 Å². The molecule has 4 nitrogen and oxygen atoms in total. The van der Waals surface area contributed by atoms with E-state index in [4.69, 9.17) is 4.74 Å². The molecule has 0 saturated heterocycles. The molecule has 0 spiro atoms. The van der Waals surface area contributed by atoms with Gasteiger partial charge in [0.15, 0.2) is 0 Å². The minimum Gasteiger partial charge on any atom is -0.383 e. The molecule has 0 saturated carbocycles. The van der Waals surface area contributed by atoms with Crippen molar-refractivity contribution in [3.63, 3.8) is 0 Å². The summed E-state index contributed by atoms with van der Waals surface area (Å²) < 4.78 is 6.04. The molecule has 0 radical (unpaired) electrons. The first-order valence-electron chi connectivity index (χ1n) is 6.80. The van der Waals surface area contributed by atoms with E-state index in [1.165, 1.54) is 0 Å².